The number of aryl methyl sites for hydroxylation is 1. The molecule has 0 heterocycles. The number of carbonyl (C=O) groups is 1. The summed E-state index contributed by atoms with van der Waals surface area (Å²) in [5, 5.41) is 0. The summed E-state index contributed by atoms with van der Waals surface area (Å²) in [5.41, 5.74) is 3.65. The number of nitrogens with zero attached hydrogens (tertiary/aromatic N) is 1. The fourth-order valence-corrected chi connectivity index (χ4v) is 2.60. The lowest BCUT2D eigenvalue weighted by Gasteiger charge is -2.17. The van der Waals surface area contributed by atoms with E-state index in [-0.39, 0.29) is 5.91 Å². The zero-order chi connectivity index (χ0) is 17.5. The first-order chi connectivity index (χ1) is 11.5. The van der Waals surface area contributed by atoms with Crippen molar-refractivity contribution >= 4 is 5.91 Å². The quantitative estimate of drug-likeness (QED) is 0.754. The molecule has 0 aliphatic rings. The minimum atomic E-state index is 0.166. The second-order valence-corrected chi connectivity index (χ2v) is 6.49. The van der Waals surface area contributed by atoms with Gasteiger partial charge in [-0.25, -0.2) is 0 Å². The number of methoxy groups -OCH3 is 1. The predicted molar refractivity (Wildman–Crippen MR) is 98.3 cm³/mol. The molecule has 2 rings (SSSR count). The highest BCUT2D eigenvalue weighted by Gasteiger charge is 2.10. The summed E-state index contributed by atoms with van der Waals surface area (Å²) >= 11 is 0. The minimum Gasteiger partial charge on any atom is -0.497 e. The monoisotopic (exact) mass is 325 g/mol. The summed E-state index contributed by atoms with van der Waals surface area (Å²) < 4.78 is 5.15. The molecule has 0 saturated carbocycles. The van der Waals surface area contributed by atoms with Gasteiger partial charge in [0.25, 0.3) is 0 Å². The normalized spacial score (nSPS) is 10.7. The first kappa shape index (κ1) is 18.1. The van der Waals surface area contributed by atoms with Crippen LogP contribution >= 0.6 is 0 Å². The Morgan fingerprint density at radius 3 is 2.12 bits per heavy atom. The van der Waals surface area contributed by atoms with Crippen LogP contribution in [0.5, 0.6) is 5.75 Å². The molecule has 0 aliphatic heterocycles. The van der Waals surface area contributed by atoms with Crippen molar-refractivity contribution in [1.82, 2.24) is 4.90 Å². The molecule has 2 aromatic rings. The van der Waals surface area contributed by atoms with Gasteiger partial charge in [-0.15, -0.1) is 0 Å². The Kier molecular flexibility index (Phi) is 6.42. The molecule has 0 atom stereocenters. The number of hydrogen-bond donors (Lipinski definition) is 0. The Bertz CT molecular complexity index is 645. The fraction of sp³-hybridized carbons (Fsp3) is 0.381. The van der Waals surface area contributed by atoms with E-state index in [4.69, 9.17) is 4.74 Å². The summed E-state index contributed by atoms with van der Waals surface area (Å²) in [4.78, 5) is 14.1. The Labute approximate surface area is 145 Å². The molecule has 0 saturated heterocycles. The van der Waals surface area contributed by atoms with Gasteiger partial charge in [0, 0.05) is 20.0 Å². The average Bonchev–Trinajstić information content (AvgIpc) is 2.60. The summed E-state index contributed by atoms with van der Waals surface area (Å²) in [5.74, 6) is 1.53. The third-order valence-electron chi connectivity index (χ3n) is 4.28. The van der Waals surface area contributed by atoms with E-state index in [0.29, 0.717) is 18.9 Å². The smallest absolute Gasteiger partial charge is 0.222 e. The Hall–Kier alpha value is -2.29. The van der Waals surface area contributed by atoms with Gasteiger partial charge in [-0.05, 0) is 41.2 Å². The predicted octanol–water partition coefficient (Wildman–Crippen LogP) is 4.41. The van der Waals surface area contributed by atoms with Crippen LogP contribution in [0.15, 0.2) is 48.5 Å². The second-order valence-electron chi connectivity index (χ2n) is 6.49. The fourth-order valence-electron chi connectivity index (χ4n) is 2.60. The van der Waals surface area contributed by atoms with Crippen LogP contribution in [0.2, 0.25) is 0 Å². The molecule has 0 aromatic heterocycles. The molecule has 0 unspecified atom stereocenters. The Morgan fingerprint density at radius 1 is 1.00 bits per heavy atom. The van der Waals surface area contributed by atoms with E-state index in [1.165, 1.54) is 11.1 Å². The third-order valence-corrected chi connectivity index (χ3v) is 4.28. The van der Waals surface area contributed by atoms with Gasteiger partial charge >= 0.3 is 0 Å². The van der Waals surface area contributed by atoms with Gasteiger partial charge in [-0.3, -0.25) is 4.79 Å². The number of rotatable bonds is 7. The number of ether oxygens (including phenoxy) is 1. The van der Waals surface area contributed by atoms with E-state index in [1.54, 1.807) is 12.0 Å². The zero-order valence-corrected chi connectivity index (χ0v) is 15.1. The Morgan fingerprint density at radius 2 is 1.58 bits per heavy atom. The largest absolute Gasteiger partial charge is 0.497 e. The van der Waals surface area contributed by atoms with E-state index in [1.807, 2.05) is 31.3 Å². The number of carbonyl (C=O) groups excluding carboxylic acids is 1. The topological polar surface area (TPSA) is 29.5 Å². The zero-order valence-electron chi connectivity index (χ0n) is 15.1. The lowest BCUT2D eigenvalue weighted by atomic mass is 10.0. The van der Waals surface area contributed by atoms with Gasteiger partial charge in [0.15, 0.2) is 0 Å². The highest BCUT2D eigenvalue weighted by atomic mass is 16.5. The minimum absolute atomic E-state index is 0.166. The molecule has 0 spiro atoms. The maximum Gasteiger partial charge on any atom is 0.222 e. The summed E-state index contributed by atoms with van der Waals surface area (Å²) in [6, 6.07) is 16.4. The molecule has 0 radical (unpaired) electrons. The van der Waals surface area contributed by atoms with Crippen molar-refractivity contribution in [2.75, 3.05) is 14.2 Å². The molecule has 128 valence electrons. The van der Waals surface area contributed by atoms with Crippen LogP contribution in [-0.2, 0) is 17.8 Å². The molecule has 3 nitrogen and oxygen atoms in total. The van der Waals surface area contributed by atoms with Crippen molar-refractivity contribution in [3.05, 3.63) is 65.2 Å². The van der Waals surface area contributed by atoms with Gasteiger partial charge in [0.1, 0.15) is 5.75 Å². The van der Waals surface area contributed by atoms with E-state index in [9.17, 15) is 4.79 Å². The van der Waals surface area contributed by atoms with Gasteiger partial charge in [-0.1, -0.05) is 50.2 Å². The van der Waals surface area contributed by atoms with E-state index in [2.05, 4.69) is 38.1 Å². The van der Waals surface area contributed by atoms with Crippen molar-refractivity contribution in [2.45, 2.75) is 39.2 Å². The van der Waals surface area contributed by atoms with Crippen LogP contribution in [0.4, 0.5) is 0 Å². The maximum absolute atomic E-state index is 12.3. The van der Waals surface area contributed by atoms with Crippen molar-refractivity contribution in [3.8, 4) is 5.75 Å². The first-order valence-electron chi connectivity index (χ1n) is 8.45. The lowest BCUT2D eigenvalue weighted by Crippen LogP contribution is -2.26. The number of benzene rings is 2. The van der Waals surface area contributed by atoms with Gasteiger partial charge < -0.3 is 9.64 Å². The molecule has 0 bridgehead atoms. The van der Waals surface area contributed by atoms with E-state index in [0.717, 1.165) is 17.7 Å². The summed E-state index contributed by atoms with van der Waals surface area (Å²) in [6.45, 7) is 4.99. The van der Waals surface area contributed by atoms with Crippen LogP contribution in [-0.4, -0.2) is 25.0 Å². The second kappa shape index (κ2) is 8.53. The molecule has 24 heavy (non-hydrogen) atoms. The van der Waals surface area contributed by atoms with Gasteiger partial charge in [0.2, 0.25) is 5.91 Å². The van der Waals surface area contributed by atoms with Crippen molar-refractivity contribution in [1.29, 1.82) is 0 Å². The molecule has 2 aromatic carbocycles. The number of amides is 1. The lowest BCUT2D eigenvalue weighted by molar-refractivity contribution is -0.130. The van der Waals surface area contributed by atoms with Crippen LogP contribution in [0.3, 0.4) is 0 Å². The third kappa shape index (κ3) is 5.12. The molecule has 0 aliphatic carbocycles. The average molecular weight is 325 g/mol. The van der Waals surface area contributed by atoms with Crippen molar-refractivity contribution in [2.24, 2.45) is 0 Å². The van der Waals surface area contributed by atoms with Crippen molar-refractivity contribution < 1.29 is 9.53 Å². The van der Waals surface area contributed by atoms with Gasteiger partial charge in [0.05, 0.1) is 7.11 Å². The standard InChI is InChI=1S/C21H27NO2/c1-16(2)19-10-5-17(6-11-19)9-14-21(23)22(3)15-18-7-12-20(24-4)13-8-18/h5-8,10-13,16H,9,14-15H2,1-4H3. The summed E-state index contributed by atoms with van der Waals surface area (Å²) in [7, 11) is 3.51. The van der Waals surface area contributed by atoms with Crippen molar-refractivity contribution in [3.63, 3.8) is 0 Å². The highest BCUT2D eigenvalue weighted by molar-refractivity contribution is 5.76. The number of hydrogen-bond acceptors (Lipinski definition) is 2. The molecular weight excluding hydrogens is 298 g/mol. The molecule has 1 amide bonds. The van der Waals surface area contributed by atoms with Crippen LogP contribution in [0.25, 0.3) is 0 Å². The van der Waals surface area contributed by atoms with Crippen LogP contribution in [0.1, 0.15) is 42.9 Å². The van der Waals surface area contributed by atoms with Crippen LogP contribution < -0.4 is 4.74 Å². The molecular formula is C21H27NO2. The SMILES string of the molecule is COc1ccc(CN(C)C(=O)CCc2ccc(C(C)C)cc2)cc1. The van der Waals surface area contributed by atoms with E-state index >= 15 is 0 Å². The van der Waals surface area contributed by atoms with Gasteiger partial charge in [-0.2, -0.15) is 0 Å². The Balaban J connectivity index is 1.84. The molecule has 0 N–H and O–H groups in total. The highest BCUT2D eigenvalue weighted by Crippen LogP contribution is 2.16. The van der Waals surface area contributed by atoms with Crippen LogP contribution in [0, 0.1) is 0 Å². The van der Waals surface area contributed by atoms with E-state index < -0.39 is 0 Å². The maximum atomic E-state index is 12.3. The molecule has 3 heteroatoms. The molecule has 0 fully saturated rings. The summed E-state index contributed by atoms with van der Waals surface area (Å²) in [6.07, 6.45) is 1.32. The first-order valence-corrected chi connectivity index (χ1v) is 8.45.